The van der Waals surface area contributed by atoms with Crippen molar-refractivity contribution in [2.24, 2.45) is 0 Å². The maximum absolute atomic E-state index is 11.7. The van der Waals surface area contributed by atoms with E-state index < -0.39 is 0 Å². The Kier molecular flexibility index (Phi) is 4.45. The Morgan fingerprint density at radius 1 is 1.35 bits per heavy atom. The maximum Gasteiger partial charge on any atom is 0.338 e. The zero-order chi connectivity index (χ0) is 14.9. The van der Waals surface area contributed by atoms with Gasteiger partial charge >= 0.3 is 5.97 Å². The number of methoxy groups -OCH3 is 1. The second-order valence-electron chi connectivity index (χ2n) is 5.81. The van der Waals surface area contributed by atoms with Crippen LogP contribution in [-0.4, -0.2) is 43.8 Å². The number of esters is 1. The normalized spacial score (nSPS) is 23.1. The molecule has 110 valence electrons. The topological polar surface area (TPSA) is 41.6 Å². The van der Waals surface area contributed by atoms with Gasteiger partial charge in [-0.05, 0) is 50.9 Å². The highest BCUT2D eigenvalue weighted by Crippen LogP contribution is 2.20. The van der Waals surface area contributed by atoms with Crippen molar-refractivity contribution in [3.63, 3.8) is 0 Å². The molecule has 4 nitrogen and oxygen atoms in total. The minimum Gasteiger partial charge on any atom is -0.467 e. The van der Waals surface area contributed by atoms with E-state index in [0.717, 1.165) is 13.0 Å². The van der Waals surface area contributed by atoms with Crippen molar-refractivity contribution in [2.75, 3.05) is 20.7 Å². The molecule has 0 spiro atoms. The van der Waals surface area contributed by atoms with Gasteiger partial charge in [-0.2, -0.15) is 0 Å². The molecule has 1 aromatic carbocycles. The summed E-state index contributed by atoms with van der Waals surface area (Å²) in [5, 5.41) is 3.36. The zero-order valence-electron chi connectivity index (χ0n) is 13.0. The first kappa shape index (κ1) is 15.0. The number of ether oxygens (including phenoxy) is 1. The summed E-state index contributed by atoms with van der Waals surface area (Å²) in [6, 6.07) is 4.72. The molecule has 2 atom stereocenters. The van der Waals surface area contributed by atoms with Gasteiger partial charge in [0.2, 0.25) is 0 Å². The lowest BCUT2D eigenvalue weighted by molar-refractivity contribution is -0.146. The summed E-state index contributed by atoms with van der Waals surface area (Å²) in [4.78, 5) is 13.7. The first-order valence-electron chi connectivity index (χ1n) is 7.03. The van der Waals surface area contributed by atoms with E-state index in [1.165, 1.54) is 29.4 Å². The number of aryl methyl sites for hydroxylation is 3. The van der Waals surface area contributed by atoms with Crippen molar-refractivity contribution in [1.29, 1.82) is 0 Å². The first-order valence-corrected chi connectivity index (χ1v) is 7.03. The summed E-state index contributed by atoms with van der Waals surface area (Å²) >= 11 is 0. The highest BCUT2D eigenvalue weighted by atomic mass is 16.5. The van der Waals surface area contributed by atoms with Crippen LogP contribution in [0, 0.1) is 20.8 Å². The number of hydrogen-bond donors (Lipinski definition) is 1. The van der Waals surface area contributed by atoms with Gasteiger partial charge in [0.25, 0.3) is 0 Å². The number of likely N-dealkylation sites (N-methyl/N-ethyl adjacent to an activating group) is 1. The molecular formula is C16H24N2O2. The van der Waals surface area contributed by atoms with Crippen LogP contribution >= 0.6 is 0 Å². The average Bonchev–Trinajstić information content (AvgIpc) is 2.74. The van der Waals surface area contributed by atoms with Crippen molar-refractivity contribution >= 4 is 5.97 Å². The molecule has 0 aromatic heterocycles. The Morgan fingerprint density at radius 2 is 1.95 bits per heavy atom. The molecule has 0 bridgehead atoms. The smallest absolute Gasteiger partial charge is 0.338 e. The number of nitrogens with one attached hydrogen (secondary N) is 1. The van der Waals surface area contributed by atoms with Gasteiger partial charge in [0, 0.05) is 12.6 Å². The third-order valence-corrected chi connectivity index (χ3v) is 4.06. The second kappa shape index (κ2) is 5.94. The third-order valence-electron chi connectivity index (χ3n) is 4.06. The van der Waals surface area contributed by atoms with E-state index in [2.05, 4.69) is 38.2 Å². The van der Waals surface area contributed by atoms with Crippen LogP contribution in [0.3, 0.4) is 0 Å². The Bertz CT molecular complexity index is 490. The van der Waals surface area contributed by atoms with Gasteiger partial charge in [0.1, 0.15) is 0 Å². The molecule has 20 heavy (non-hydrogen) atoms. The van der Waals surface area contributed by atoms with Crippen LogP contribution in [0.4, 0.5) is 0 Å². The fraction of sp³-hybridized carbons (Fsp3) is 0.562. The number of hydrogen-bond acceptors (Lipinski definition) is 4. The number of nitrogens with zero attached hydrogens (tertiary/aromatic N) is 1. The Morgan fingerprint density at radius 3 is 2.50 bits per heavy atom. The summed E-state index contributed by atoms with van der Waals surface area (Å²) in [5.41, 5.74) is 5.33. The molecule has 2 rings (SSSR count). The molecule has 1 aliphatic heterocycles. The lowest BCUT2D eigenvalue weighted by Crippen LogP contribution is -2.42. The molecule has 0 aliphatic carbocycles. The van der Waals surface area contributed by atoms with E-state index in [0.29, 0.717) is 0 Å². The number of carbonyl (C=O) groups excluding carboxylic acids is 1. The van der Waals surface area contributed by atoms with Crippen LogP contribution in [0.5, 0.6) is 0 Å². The minimum atomic E-state index is -0.323. The largest absolute Gasteiger partial charge is 0.467 e. The molecule has 1 aromatic rings. The number of rotatable bonds is 3. The van der Waals surface area contributed by atoms with Gasteiger partial charge in [-0.25, -0.2) is 4.79 Å². The molecule has 0 amide bonds. The van der Waals surface area contributed by atoms with E-state index in [4.69, 9.17) is 4.74 Å². The highest BCUT2D eigenvalue weighted by molar-refractivity contribution is 5.75. The molecule has 0 radical (unpaired) electrons. The first-order chi connectivity index (χ1) is 9.42. The van der Waals surface area contributed by atoms with Crippen LogP contribution in [-0.2, 0) is 16.0 Å². The lowest BCUT2D eigenvalue weighted by Gasteiger charge is -2.16. The van der Waals surface area contributed by atoms with Gasteiger partial charge in [-0.15, -0.1) is 0 Å². The molecule has 1 saturated heterocycles. The monoisotopic (exact) mass is 276 g/mol. The fourth-order valence-corrected chi connectivity index (χ4v) is 3.12. The fourth-order valence-electron chi connectivity index (χ4n) is 3.12. The van der Waals surface area contributed by atoms with Crippen molar-refractivity contribution in [3.8, 4) is 0 Å². The van der Waals surface area contributed by atoms with Crippen LogP contribution in [0.25, 0.3) is 0 Å². The van der Waals surface area contributed by atoms with Crippen molar-refractivity contribution < 1.29 is 9.53 Å². The van der Waals surface area contributed by atoms with Crippen molar-refractivity contribution in [1.82, 2.24) is 10.2 Å². The Balaban J connectivity index is 2.11. The lowest BCUT2D eigenvalue weighted by atomic mass is 9.94. The molecule has 4 heteroatoms. The number of carbonyl (C=O) groups is 1. The van der Waals surface area contributed by atoms with Crippen LogP contribution < -0.4 is 5.32 Å². The van der Waals surface area contributed by atoms with Crippen molar-refractivity contribution in [2.45, 2.75) is 39.4 Å². The molecule has 1 N–H and O–H groups in total. The molecule has 1 aliphatic rings. The molecule has 1 unspecified atom stereocenters. The average molecular weight is 276 g/mol. The van der Waals surface area contributed by atoms with Gasteiger partial charge in [0.15, 0.2) is 6.17 Å². The van der Waals surface area contributed by atoms with Crippen LogP contribution in [0.1, 0.15) is 22.3 Å². The van der Waals surface area contributed by atoms with E-state index >= 15 is 0 Å². The maximum atomic E-state index is 11.7. The molecule has 1 heterocycles. The summed E-state index contributed by atoms with van der Waals surface area (Å²) in [6.45, 7) is 7.29. The second-order valence-corrected chi connectivity index (χ2v) is 5.81. The standard InChI is InChI=1S/C16H24N2O2/c1-10-6-11(2)14(12(3)7-10)8-13-9-18(4)15(17-13)16(19)20-5/h6-7,13,15,17H,8-9H2,1-5H3/t13-,15?/m1/s1. The quantitative estimate of drug-likeness (QED) is 0.851. The Hall–Kier alpha value is -1.39. The summed E-state index contributed by atoms with van der Waals surface area (Å²) < 4.78 is 4.82. The molecule has 0 saturated carbocycles. The van der Waals surface area contributed by atoms with Crippen LogP contribution in [0.2, 0.25) is 0 Å². The van der Waals surface area contributed by atoms with Gasteiger partial charge in [-0.3, -0.25) is 10.2 Å². The summed E-state index contributed by atoms with van der Waals surface area (Å²) in [6.07, 6.45) is 0.617. The van der Waals surface area contributed by atoms with Crippen LogP contribution in [0.15, 0.2) is 12.1 Å². The highest BCUT2D eigenvalue weighted by Gasteiger charge is 2.34. The minimum absolute atomic E-state index is 0.215. The van der Waals surface area contributed by atoms with E-state index in [9.17, 15) is 4.79 Å². The zero-order valence-corrected chi connectivity index (χ0v) is 13.0. The van der Waals surface area contributed by atoms with Gasteiger partial charge < -0.3 is 4.74 Å². The van der Waals surface area contributed by atoms with Gasteiger partial charge in [0.05, 0.1) is 7.11 Å². The van der Waals surface area contributed by atoms with Gasteiger partial charge in [-0.1, -0.05) is 17.7 Å². The SMILES string of the molecule is COC(=O)C1N[C@H](Cc2c(C)cc(C)cc2C)CN1C. The van der Waals surface area contributed by atoms with E-state index in [-0.39, 0.29) is 18.2 Å². The van der Waals surface area contributed by atoms with Crippen molar-refractivity contribution in [3.05, 3.63) is 34.4 Å². The third kappa shape index (κ3) is 3.02. The predicted molar refractivity (Wildman–Crippen MR) is 79.7 cm³/mol. The van der Waals surface area contributed by atoms with E-state index in [1.807, 2.05) is 11.9 Å². The number of benzene rings is 1. The van der Waals surface area contributed by atoms with E-state index in [1.54, 1.807) is 0 Å². The predicted octanol–water partition coefficient (Wildman–Crippen LogP) is 1.56. The Labute approximate surface area is 121 Å². The summed E-state index contributed by atoms with van der Waals surface area (Å²) in [7, 11) is 3.38. The molecule has 1 fully saturated rings. The molecular weight excluding hydrogens is 252 g/mol. The summed E-state index contributed by atoms with van der Waals surface area (Å²) in [5.74, 6) is -0.215.